The number of hydrogen-bond donors (Lipinski definition) is 0. The van der Waals surface area contributed by atoms with Crippen molar-refractivity contribution in [3.05, 3.63) is 71.1 Å². The van der Waals surface area contributed by atoms with E-state index in [1.54, 1.807) is 0 Å². The van der Waals surface area contributed by atoms with Crippen LogP contribution in [0.4, 0.5) is 0 Å². The Morgan fingerprint density at radius 2 is 1.77 bits per heavy atom. The zero-order valence-corrected chi connectivity index (χ0v) is 15.4. The molecule has 4 nitrogen and oxygen atoms in total. The highest BCUT2D eigenvalue weighted by Gasteiger charge is 2.25. The van der Waals surface area contributed by atoms with Gasteiger partial charge < -0.3 is 4.42 Å². The maximum absolute atomic E-state index is 5.97. The second-order valence-corrected chi connectivity index (χ2v) is 7.36. The fraction of sp³-hybridized carbons (Fsp3) is 0.333. The smallest absolute Gasteiger partial charge is 0.247 e. The van der Waals surface area contributed by atoms with Gasteiger partial charge in [-0.25, -0.2) is 0 Å². The molecule has 0 bridgehead atoms. The van der Waals surface area contributed by atoms with Crippen molar-refractivity contribution in [2.24, 2.45) is 5.92 Å². The number of nitrogens with zero attached hydrogens (tertiary/aromatic N) is 3. The van der Waals surface area contributed by atoms with Gasteiger partial charge in [-0.15, -0.1) is 10.2 Å². The van der Waals surface area contributed by atoms with Crippen molar-refractivity contribution in [2.45, 2.75) is 25.8 Å². The molecular formula is C21H22ClN3O. The topological polar surface area (TPSA) is 42.2 Å². The molecule has 26 heavy (non-hydrogen) atoms. The Kier molecular flexibility index (Phi) is 5.32. The van der Waals surface area contributed by atoms with Gasteiger partial charge in [0.25, 0.3) is 0 Å². The van der Waals surface area contributed by atoms with Crippen LogP contribution in [0.15, 0.2) is 59.0 Å². The molecule has 0 aliphatic heterocycles. The molecule has 2 aromatic carbocycles. The molecule has 0 atom stereocenters. The van der Waals surface area contributed by atoms with E-state index in [1.807, 2.05) is 42.5 Å². The van der Waals surface area contributed by atoms with E-state index in [4.69, 9.17) is 16.0 Å². The highest BCUT2D eigenvalue weighted by Crippen LogP contribution is 2.30. The lowest BCUT2D eigenvalue weighted by atomic mass is 10.1. The Labute approximate surface area is 158 Å². The molecule has 1 aliphatic rings. The highest BCUT2D eigenvalue weighted by molar-refractivity contribution is 6.30. The van der Waals surface area contributed by atoms with Crippen molar-refractivity contribution < 1.29 is 4.42 Å². The van der Waals surface area contributed by atoms with Crippen LogP contribution in [0.3, 0.4) is 0 Å². The quantitative estimate of drug-likeness (QED) is 0.571. The first-order chi connectivity index (χ1) is 12.8. The number of rotatable bonds is 8. The fourth-order valence-electron chi connectivity index (χ4n) is 3.04. The molecular weight excluding hydrogens is 346 g/mol. The maximum Gasteiger partial charge on any atom is 0.247 e. The average Bonchev–Trinajstić information content (AvgIpc) is 3.36. The molecule has 0 N–H and O–H groups in total. The van der Waals surface area contributed by atoms with Gasteiger partial charge in [0.15, 0.2) is 0 Å². The zero-order valence-electron chi connectivity index (χ0n) is 14.6. The van der Waals surface area contributed by atoms with Gasteiger partial charge in [0.2, 0.25) is 11.8 Å². The van der Waals surface area contributed by atoms with Crippen molar-refractivity contribution in [2.75, 3.05) is 13.1 Å². The van der Waals surface area contributed by atoms with Crippen LogP contribution in [0.25, 0.3) is 11.5 Å². The molecule has 1 saturated carbocycles. The molecule has 5 heteroatoms. The third kappa shape index (κ3) is 4.71. The predicted molar refractivity (Wildman–Crippen MR) is 103 cm³/mol. The van der Waals surface area contributed by atoms with E-state index in [2.05, 4.69) is 27.2 Å². The molecule has 0 radical (unpaired) electrons. The number of aromatic nitrogens is 2. The van der Waals surface area contributed by atoms with Crippen LogP contribution in [0, 0.1) is 5.92 Å². The van der Waals surface area contributed by atoms with Crippen molar-refractivity contribution >= 4 is 11.6 Å². The minimum absolute atomic E-state index is 0.588. The predicted octanol–water partition coefficient (Wildman–Crippen LogP) is 4.84. The van der Waals surface area contributed by atoms with Crippen LogP contribution in [-0.4, -0.2) is 28.2 Å². The summed E-state index contributed by atoms with van der Waals surface area (Å²) in [7, 11) is 0. The number of halogens is 1. The van der Waals surface area contributed by atoms with E-state index < -0.39 is 0 Å². The van der Waals surface area contributed by atoms with Crippen molar-refractivity contribution in [3.8, 4) is 11.5 Å². The summed E-state index contributed by atoms with van der Waals surface area (Å²) in [6.07, 6.45) is 3.65. The summed E-state index contributed by atoms with van der Waals surface area (Å²) in [6.45, 7) is 2.77. The first-order valence-corrected chi connectivity index (χ1v) is 9.48. The molecule has 1 heterocycles. The lowest BCUT2D eigenvalue weighted by Crippen LogP contribution is -2.28. The summed E-state index contributed by atoms with van der Waals surface area (Å²) in [4.78, 5) is 2.43. The first-order valence-electron chi connectivity index (χ1n) is 9.11. The van der Waals surface area contributed by atoms with Gasteiger partial charge in [0.05, 0.1) is 6.54 Å². The Bertz CT molecular complexity index is 828. The monoisotopic (exact) mass is 367 g/mol. The normalized spacial score (nSPS) is 14.1. The molecule has 0 unspecified atom stereocenters. The van der Waals surface area contributed by atoms with Gasteiger partial charge in [0, 0.05) is 23.7 Å². The SMILES string of the molecule is Clc1ccc(CCN(Cc2nnc(-c3ccccc3)o2)CC2CC2)cc1. The molecule has 1 aromatic heterocycles. The van der Waals surface area contributed by atoms with Crippen molar-refractivity contribution in [1.82, 2.24) is 15.1 Å². The Balaban J connectivity index is 1.40. The summed E-state index contributed by atoms with van der Waals surface area (Å²) in [5.41, 5.74) is 2.26. The van der Waals surface area contributed by atoms with Crippen molar-refractivity contribution in [3.63, 3.8) is 0 Å². The third-order valence-electron chi connectivity index (χ3n) is 4.69. The van der Waals surface area contributed by atoms with Gasteiger partial charge in [0.1, 0.15) is 0 Å². The molecule has 0 amide bonds. The lowest BCUT2D eigenvalue weighted by Gasteiger charge is -2.20. The van der Waals surface area contributed by atoms with Crippen LogP contribution < -0.4 is 0 Å². The van der Waals surface area contributed by atoms with E-state index in [9.17, 15) is 0 Å². The Morgan fingerprint density at radius 1 is 1.00 bits per heavy atom. The lowest BCUT2D eigenvalue weighted by molar-refractivity contribution is 0.233. The largest absolute Gasteiger partial charge is 0.419 e. The van der Waals surface area contributed by atoms with Gasteiger partial charge >= 0.3 is 0 Å². The van der Waals surface area contributed by atoms with Crippen LogP contribution in [0.1, 0.15) is 24.3 Å². The number of hydrogen-bond acceptors (Lipinski definition) is 4. The Hall–Kier alpha value is -2.17. The van der Waals surface area contributed by atoms with Gasteiger partial charge in [-0.2, -0.15) is 0 Å². The summed E-state index contributed by atoms with van der Waals surface area (Å²) in [5, 5.41) is 9.24. The zero-order chi connectivity index (χ0) is 17.8. The van der Waals surface area contributed by atoms with E-state index >= 15 is 0 Å². The van der Waals surface area contributed by atoms with Gasteiger partial charge in [-0.05, 0) is 55.0 Å². The molecule has 3 aromatic rings. The maximum atomic E-state index is 5.97. The van der Waals surface area contributed by atoms with Gasteiger partial charge in [-0.3, -0.25) is 4.90 Å². The van der Waals surface area contributed by atoms with Crippen LogP contribution in [-0.2, 0) is 13.0 Å². The second kappa shape index (κ2) is 8.02. The first kappa shape index (κ1) is 17.3. The molecule has 0 saturated heterocycles. The van der Waals surface area contributed by atoms with E-state index in [1.165, 1.54) is 18.4 Å². The van der Waals surface area contributed by atoms with Crippen LogP contribution in [0.5, 0.6) is 0 Å². The third-order valence-corrected chi connectivity index (χ3v) is 4.94. The molecule has 0 spiro atoms. The molecule has 1 aliphatic carbocycles. The molecule has 1 fully saturated rings. The molecule has 134 valence electrons. The van der Waals surface area contributed by atoms with E-state index in [0.717, 1.165) is 36.0 Å². The van der Waals surface area contributed by atoms with Gasteiger partial charge in [-0.1, -0.05) is 41.9 Å². The standard InChI is InChI=1S/C21H22ClN3O/c22-19-10-8-16(9-11-19)12-13-25(14-17-6-7-17)15-20-23-24-21(26-20)18-4-2-1-3-5-18/h1-5,8-11,17H,6-7,12-15H2. The Morgan fingerprint density at radius 3 is 2.50 bits per heavy atom. The fourth-order valence-corrected chi connectivity index (χ4v) is 3.17. The minimum atomic E-state index is 0.588. The average molecular weight is 368 g/mol. The van der Waals surface area contributed by atoms with Crippen LogP contribution >= 0.6 is 11.6 Å². The second-order valence-electron chi connectivity index (χ2n) is 6.92. The minimum Gasteiger partial charge on any atom is -0.419 e. The summed E-state index contributed by atoms with van der Waals surface area (Å²) >= 11 is 5.97. The summed E-state index contributed by atoms with van der Waals surface area (Å²) in [6, 6.07) is 18.0. The highest BCUT2D eigenvalue weighted by atomic mass is 35.5. The number of benzene rings is 2. The molecule has 4 rings (SSSR count). The van der Waals surface area contributed by atoms with E-state index in [-0.39, 0.29) is 0 Å². The van der Waals surface area contributed by atoms with Crippen LogP contribution in [0.2, 0.25) is 5.02 Å². The summed E-state index contributed by atoms with van der Waals surface area (Å²) in [5.74, 6) is 2.09. The van der Waals surface area contributed by atoms with Crippen molar-refractivity contribution in [1.29, 1.82) is 0 Å². The summed E-state index contributed by atoms with van der Waals surface area (Å²) < 4.78 is 5.89. The van der Waals surface area contributed by atoms with E-state index in [0.29, 0.717) is 18.3 Å².